The van der Waals surface area contributed by atoms with Crippen LogP contribution in [0.2, 0.25) is 0 Å². The van der Waals surface area contributed by atoms with E-state index in [4.69, 9.17) is 5.73 Å². The Labute approximate surface area is 216 Å². The molecule has 126 valence electrons. The zero-order chi connectivity index (χ0) is 17.9. The van der Waals surface area contributed by atoms with Gasteiger partial charge in [0.1, 0.15) is 0 Å². The van der Waals surface area contributed by atoms with E-state index < -0.39 is 5.97 Å². The van der Waals surface area contributed by atoms with Gasteiger partial charge in [0.25, 0.3) is 5.91 Å². The number of carboxylic acids is 1. The number of nitrogens with two attached hydrogens (primary N) is 1. The topological polar surface area (TPSA) is 86.5 Å². The molecular formula is C16H12CaI3N2O3+. The van der Waals surface area contributed by atoms with Gasteiger partial charge < -0.3 is 20.5 Å². The molecule has 9 heteroatoms. The van der Waals surface area contributed by atoms with Crippen molar-refractivity contribution in [2.75, 3.05) is 17.2 Å². The minimum absolute atomic E-state index is 0. The first-order chi connectivity index (χ1) is 11.3. The third-order valence-electron chi connectivity index (χ3n) is 3.27. The molecule has 0 aromatic heterocycles. The Bertz CT molecular complexity index is 788. The van der Waals surface area contributed by atoms with E-state index in [9.17, 15) is 14.7 Å². The molecule has 0 aliphatic heterocycles. The van der Waals surface area contributed by atoms with Crippen LogP contribution in [0.5, 0.6) is 0 Å². The van der Waals surface area contributed by atoms with Gasteiger partial charge in [0, 0.05) is 31.8 Å². The monoisotopic (exact) mass is 701 g/mol. The minimum Gasteiger partial charge on any atom is -0.550 e. The molecule has 0 fully saturated rings. The summed E-state index contributed by atoms with van der Waals surface area (Å²) in [5.41, 5.74) is 7.72. The Morgan fingerprint density at radius 2 is 1.68 bits per heavy atom. The van der Waals surface area contributed by atoms with Crippen LogP contribution < -0.4 is 15.7 Å². The van der Waals surface area contributed by atoms with Crippen molar-refractivity contribution in [1.82, 2.24) is 0 Å². The predicted octanol–water partition coefficient (Wildman–Crippen LogP) is 2.49. The Morgan fingerprint density at radius 3 is 2.24 bits per heavy atom. The molecule has 0 atom stereocenters. The summed E-state index contributed by atoms with van der Waals surface area (Å²) in [6.07, 6.45) is -0.242. The van der Waals surface area contributed by atoms with Crippen LogP contribution in [0.25, 0.3) is 0 Å². The number of aliphatic carboxylic acids is 1. The molecule has 0 radical (unpaired) electrons. The first-order valence-electron chi connectivity index (χ1n) is 6.82. The number of carbonyl (C=O) groups is 2. The summed E-state index contributed by atoms with van der Waals surface area (Å²) in [5, 5.41) is 10.9. The smallest absolute Gasteiger partial charge is 0.550 e. The Hall–Kier alpha value is 0.630. The van der Waals surface area contributed by atoms with Crippen LogP contribution >= 0.6 is 67.8 Å². The summed E-state index contributed by atoms with van der Waals surface area (Å²) in [7, 11) is 0. The molecule has 25 heavy (non-hydrogen) atoms. The maximum atomic E-state index is 13.1. The number of nitrogens with zero attached hydrogens (tertiary/aromatic N) is 1. The number of nitrogen functional groups attached to an aromatic ring is 1. The fourth-order valence-electron chi connectivity index (χ4n) is 2.10. The van der Waals surface area contributed by atoms with Gasteiger partial charge in [-0.1, -0.05) is 18.2 Å². The van der Waals surface area contributed by atoms with Crippen molar-refractivity contribution in [3.05, 3.63) is 52.7 Å². The Morgan fingerprint density at radius 1 is 1.08 bits per heavy atom. The van der Waals surface area contributed by atoms with Crippen LogP contribution in [0.15, 0.2) is 36.4 Å². The first-order valence-corrected chi connectivity index (χ1v) is 10.1. The maximum Gasteiger partial charge on any atom is 2.00 e. The molecule has 2 aromatic rings. The molecule has 0 spiro atoms. The number of halogens is 3. The molecule has 2 N–H and O–H groups in total. The van der Waals surface area contributed by atoms with E-state index in [1.54, 1.807) is 24.3 Å². The van der Waals surface area contributed by atoms with Gasteiger partial charge in [0.05, 0.1) is 14.8 Å². The summed E-state index contributed by atoms with van der Waals surface area (Å²) >= 11 is 6.28. The van der Waals surface area contributed by atoms with E-state index in [-0.39, 0.29) is 56.6 Å². The van der Waals surface area contributed by atoms with Gasteiger partial charge in [-0.05, 0) is 86.0 Å². The largest absolute Gasteiger partial charge is 2.00 e. The average Bonchev–Trinajstić information content (AvgIpc) is 2.53. The number of hydrogen-bond donors (Lipinski definition) is 1. The molecule has 5 nitrogen and oxygen atoms in total. The van der Waals surface area contributed by atoms with Gasteiger partial charge in [-0.15, -0.1) is 0 Å². The number of rotatable bonds is 5. The number of hydrogen-bond acceptors (Lipinski definition) is 4. The van der Waals surface area contributed by atoms with E-state index in [0.717, 1.165) is 7.14 Å². The van der Waals surface area contributed by atoms with Crippen LogP contribution in [-0.2, 0) is 4.79 Å². The standard InChI is InChI=1S/C16H13I3N2O3.Ca/c17-10-8-11(18)15(20)14(19)13(10)16(24)21(7-6-12(22)23)9-4-2-1-3-5-9;/h1-5,8H,6-7,20H2,(H,22,23);/q;+2/p-1. The summed E-state index contributed by atoms with van der Waals surface area (Å²) in [4.78, 5) is 25.4. The molecule has 2 rings (SSSR count). The molecule has 1 amide bonds. The van der Waals surface area contributed by atoms with Gasteiger partial charge in [0.2, 0.25) is 0 Å². The van der Waals surface area contributed by atoms with E-state index in [2.05, 4.69) is 67.8 Å². The molecule has 0 unspecified atom stereocenters. The quantitative estimate of drug-likeness (QED) is 0.295. The molecule has 0 bridgehead atoms. The molecule has 0 heterocycles. The van der Waals surface area contributed by atoms with Crippen LogP contribution in [0, 0.1) is 10.7 Å². The van der Waals surface area contributed by atoms with E-state index >= 15 is 0 Å². The normalized spacial score (nSPS) is 10.0. The predicted molar refractivity (Wildman–Crippen MR) is 123 cm³/mol. The molecule has 0 saturated heterocycles. The maximum absolute atomic E-state index is 13.1. The molecular weight excluding hydrogens is 689 g/mol. The van der Waals surface area contributed by atoms with Gasteiger partial charge >= 0.3 is 37.7 Å². The SMILES string of the molecule is Nc1c(I)cc(I)c(C(=O)N(CCC(=O)[O-])c2ccccc2)c1I.[Ca+2]. The number of anilines is 2. The van der Waals surface area contributed by atoms with Crippen molar-refractivity contribution in [2.45, 2.75) is 6.42 Å². The number of benzene rings is 2. The fourth-order valence-corrected chi connectivity index (χ4v) is 5.93. The van der Waals surface area contributed by atoms with Crippen molar-refractivity contribution in [1.29, 1.82) is 0 Å². The molecule has 2 aromatic carbocycles. The van der Waals surface area contributed by atoms with Gasteiger partial charge in [-0.25, -0.2) is 0 Å². The average molecular weight is 701 g/mol. The second-order valence-corrected chi connectivity index (χ2v) is 8.26. The summed E-state index contributed by atoms with van der Waals surface area (Å²) < 4.78 is 2.32. The fraction of sp³-hybridized carbons (Fsp3) is 0.125. The Kier molecular flexibility index (Phi) is 10.3. The molecule has 0 aliphatic carbocycles. The Balaban J connectivity index is 0.00000312. The van der Waals surface area contributed by atoms with Gasteiger partial charge in [-0.3, -0.25) is 4.79 Å². The summed E-state index contributed by atoms with van der Waals surface area (Å²) in [5.74, 6) is -1.48. The van der Waals surface area contributed by atoms with Crippen molar-refractivity contribution in [3.63, 3.8) is 0 Å². The zero-order valence-electron chi connectivity index (χ0n) is 13.0. The van der Waals surface area contributed by atoms with Crippen molar-refractivity contribution >= 4 is 129 Å². The van der Waals surface area contributed by atoms with Crippen LogP contribution in [0.3, 0.4) is 0 Å². The summed E-state index contributed by atoms with van der Waals surface area (Å²) in [6.45, 7) is 0.0310. The number of carbonyl (C=O) groups excluding carboxylic acids is 2. The second-order valence-electron chi connectivity index (χ2n) is 4.86. The van der Waals surface area contributed by atoms with Gasteiger partial charge in [0.15, 0.2) is 0 Å². The zero-order valence-corrected chi connectivity index (χ0v) is 21.6. The summed E-state index contributed by atoms with van der Waals surface area (Å²) in [6, 6.07) is 10.8. The van der Waals surface area contributed by atoms with Crippen LogP contribution in [0.1, 0.15) is 16.8 Å². The van der Waals surface area contributed by atoms with Crippen molar-refractivity contribution < 1.29 is 14.7 Å². The van der Waals surface area contributed by atoms with Crippen molar-refractivity contribution in [3.8, 4) is 0 Å². The van der Waals surface area contributed by atoms with Crippen LogP contribution in [0.4, 0.5) is 11.4 Å². The van der Waals surface area contributed by atoms with Crippen molar-refractivity contribution in [2.24, 2.45) is 0 Å². The molecule has 0 aliphatic rings. The number of carboxylic acid groups (broad SMARTS) is 1. The van der Waals surface area contributed by atoms with E-state index in [1.807, 2.05) is 12.1 Å². The number of para-hydroxylation sites is 1. The third kappa shape index (κ3) is 6.06. The molecule has 0 saturated carbocycles. The third-order valence-corrected chi connectivity index (χ3v) is 6.14. The number of amides is 1. The van der Waals surface area contributed by atoms with Gasteiger partial charge in [-0.2, -0.15) is 0 Å². The first kappa shape index (κ1) is 23.7. The minimum atomic E-state index is -1.20. The van der Waals surface area contributed by atoms with Crippen LogP contribution in [-0.4, -0.2) is 56.2 Å². The van der Waals surface area contributed by atoms with E-state index in [0.29, 0.717) is 20.5 Å². The second kappa shape index (κ2) is 10.8. The van der Waals surface area contributed by atoms with E-state index in [1.165, 1.54) is 4.90 Å².